The monoisotopic (exact) mass is 194 g/mol. The first-order chi connectivity index (χ1) is 6.88. The van der Waals surface area contributed by atoms with Gasteiger partial charge < -0.3 is 10.6 Å². The number of rotatable bonds is 6. The van der Waals surface area contributed by atoms with E-state index in [-0.39, 0.29) is 0 Å². The minimum Gasteiger partial charge on any atom is -0.365 e. The molecule has 2 aliphatic rings. The first-order valence-corrected chi connectivity index (χ1v) is 6.06. The van der Waals surface area contributed by atoms with Gasteiger partial charge in [0.2, 0.25) is 0 Å². The molecular weight excluding hydrogens is 172 g/mol. The molecule has 80 valence electrons. The van der Waals surface area contributed by atoms with Gasteiger partial charge in [-0.05, 0) is 32.2 Å². The zero-order chi connectivity index (χ0) is 9.97. The van der Waals surface area contributed by atoms with Crippen LogP contribution in [0.3, 0.4) is 0 Å². The summed E-state index contributed by atoms with van der Waals surface area (Å²) >= 11 is 0. The predicted octanol–water partition coefficient (Wildman–Crippen LogP) is 2.26. The smallest absolute Gasteiger partial charge is 0.0506 e. The molecular formula is C12H22N2. The van der Waals surface area contributed by atoms with Crippen molar-refractivity contribution in [3.63, 3.8) is 0 Å². The summed E-state index contributed by atoms with van der Waals surface area (Å²) in [7, 11) is 0. The molecule has 2 N–H and O–H groups in total. The van der Waals surface area contributed by atoms with Gasteiger partial charge in [-0.1, -0.05) is 25.8 Å². The van der Waals surface area contributed by atoms with Crippen molar-refractivity contribution in [1.82, 2.24) is 4.90 Å². The molecule has 2 unspecified atom stereocenters. The van der Waals surface area contributed by atoms with Gasteiger partial charge in [-0.15, -0.1) is 0 Å². The molecule has 0 amide bonds. The Morgan fingerprint density at radius 1 is 1.43 bits per heavy atom. The van der Waals surface area contributed by atoms with Crippen LogP contribution in [0.4, 0.5) is 0 Å². The second-order valence-electron chi connectivity index (χ2n) is 4.50. The zero-order valence-electron chi connectivity index (χ0n) is 9.21. The van der Waals surface area contributed by atoms with Gasteiger partial charge in [0.25, 0.3) is 0 Å². The normalized spacial score (nSPS) is 29.9. The van der Waals surface area contributed by atoms with Gasteiger partial charge in [-0.3, -0.25) is 0 Å². The summed E-state index contributed by atoms with van der Waals surface area (Å²) in [4.78, 5) is 2.62. The lowest BCUT2D eigenvalue weighted by atomic mass is 10.1. The van der Waals surface area contributed by atoms with E-state index in [2.05, 4.69) is 17.9 Å². The van der Waals surface area contributed by atoms with E-state index in [4.69, 9.17) is 5.73 Å². The SMILES string of the molecule is CCCCC1C(CCN)N1C1=CCC1. The number of hydrogen-bond donors (Lipinski definition) is 1. The summed E-state index contributed by atoms with van der Waals surface area (Å²) in [5.41, 5.74) is 7.24. The van der Waals surface area contributed by atoms with Gasteiger partial charge >= 0.3 is 0 Å². The summed E-state index contributed by atoms with van der Waals surface area (Å²) in [6.07, 6.45) is 10.2. The number of hydrogen-bond acceptors (Lipinski definition) is 2. The Bertz CT molecular complexity index is 222. The summed E-state index contributed by atoms with van der Waals surface area (Å²) in [6, 6.07) is 1.63. The lowest BCUT2D eigenvalue weighted by molar-refractivity contribution is 0.501. The fraction of sp³-hybridized carbons (Fsp3) is 0.833. The van der Waals surface area contributed by atoms with Crippen molar-refractivity contribution in [3.8, 4) is 0 Å². The van der Waals surface area contributed by atoms with E-state index in [1.165, 1.54) is 38.5 Å². The maximum atomic E-state index is 5.64. The Morgan fingerprint density at radius 3 is 2.64 bits per heavy atom. The van der Waals surface area contributed by atoms with E-state index in [1.54, 1.807) is 5.70 Å². The highest BCUT2D eigenvalue weighted by atomic mass is 15.4. The Morgan fingerprint density at radius 2 is 2.14 bits per heavy atom. The third kappa shape index (κ3) is 1.81. The van der Waals surface area contributed by atoms with Gasteiger partial charge in [0.1, 0.15) is 0 Å². The zero-order valence-corrected chi connectivity index (χ0v) is 9.21. The van der Waals surface area contributed by atoms with Crippen molar-refractivity contribution < 1.29 is 0 Å². The van der Waals surface area contributed by atoms with Crippen molar-refractivity contribution in [2.45, 2.75) is 57.5 Å². The first kappa shape index (κ1) is 10.0. The third-order valence-corrected chi connectivity index (χ3v) is 3.50. The number of unbranched alkanes of at least 4 members (excludes halogenated alkanes) is 1. The van der Waals surface area contributed by atoms with Gasteiger partial charge in [0.15, 0.2) is 0 Å². The van der Waals surface area contributed by atoms with E-state index in [9.17, 15) is 0 Å². The second kappa shape index (κ2) is 4.35. The van der Waals surface area contributed by atoms with Crippen LogP contribution in [0.25, 0.3) is 0 Å². The summed E-state index contributed by atoms with van der Waals surface area (Å²) < 4.78 is 0. The second-order valence-corrected chi connectivity index (χ2v) is 4.50. The summed E-state index contributed by atoms with van der Waals surface area (Å²) in [5, 5.41) is 0. The van der Waals surface area contributed by atoms with Crippen molar-refractivity contribution in [2.24, 2.45) is 5.73 Å². The highest BCUT2D eigenvalue weighted by Gasteiger charge is 2.47. The van der Waals surface area contributed by atoms with Crippen molar-refractivity contribution in [3.05, 3.63) is 11.8 Å². The molecule has 1 aliphatic heterocycles. The van der Waals surface area contributed by atoms with Crippen LogP contribution in [-0.4, -0.2) is 23.5 Å². The number of nitrogens with zero attached hydrogens (tertiary/aromatic N) is 1. The van der Waals surface area contributed by atoms with E-state index in [1.807, 2.05) is 0 Å². The topological polar surface area (TPSA) is 29.0 Å². The van der Waals surface area contributed by atoms with Crippen molar-refractivity contribution in [2.75, 3.05) is 6.54 Å². The van der Waals surface area contributed by atoms with E-state index in [0.717, 1.165) is 18.6 Å². The molecule has 1 fully saturated rings. The van der Waals surface area contributed by atoms with Crippen LogP contribution >= 0.6 is 0 Å². The molecule has 0 bridgehead atoms. The Labute approximate surface area is 87.2 Å². The van der Waals surface area contributed by atoms with Crippen molar-refractivity contribution in [1.29, 1.82) is 0 Å². The van der Waals surface area contributed by atoms with Crippen LogP contribution in [0.1, 0.15) is 45.4 Å². The lowest BCUT2D eigenvalue weighted by Gasteiger charge is -2.18. The fourth-order valence-corrected chi connectivity index (χ4v) is 2.52. The maximum absolute atomic E-state index is 5.64. The van der Waals surface area contributed by atoms with Gasteiger partial charge in [-0.25, -0.2) is 0 Å². The Hall–Kier alpha value is -0.500. The maximum Gasteiger partial charge on any atom is 0.0506 e. The van der Waals surface area contributed by atoms with Crippen LogP contribution in [0.5, 0.6) is 0 Å². The minimum absolute atomic E-state index is 0.790. The number of allylic oxidation sites excluding steroid dienone is 2. The first-order valence-electron chi connectivity index (χ1n) is 6.06. The van der Waals surface area contributed by atoms with Crippen LogP contribution in [-0.2, 0) is 0 Å². The largest absolute Gasteiger partial charge is 0.365 e. The standard InChI is InChI=1S/C12H22N2/c1-2-3-7-11-12(8-9-13)14(11)10-5-4-6-10/h5,11-12H,2-4,6-9,13H2,1H3. The molecule has 0 radical (unpaired) electrons. The molecule has 0 spiro atoms. The van der Waals surface area contributed by atoms with Crippen LogP contribution in [0.2, 0.25) is 0 Å². The molecule has 0 aromatic rings. The minimum atomic E-state index is 0.790. The fourth-order valence-electron chi connectivity index (χ4n) is 2.52. The van der Waals surface area contributed by atoms with E-state index >= 15 is 0 Å². The quantitative estimate of drug-likeness (QED) is 0.657. The molecule has 2 rings (SSSR count). The molecule has 1 heterocycles. The average Bonchev–Trinajstić information content (AvgIpc) is 2.74. The molecule has 2 atom stereocenters. The molecule has 2 nitrogen and oxygen atoms in total. The van der Waals surface area contributed by atoms with Gasteiger partial charge in [0, 0.05) is 11.7 Å². The van der Waals surface area contributed by atoms with Gasteiger partial charge in [0.05, 0.1) is 6.04 Å². The summed E-state index contributed by atoms with van der Waals surface area (Å²) in [5.74, 6) is 0. The van der Waals surface area contributed by atoms with Crippen LogP contribution in [0.15, 0.2) is 11.8 Å². The van der Waals surface area contributed by atoms with Crippen molar-refractivity contribution >= 4 is 0 Å². The Balaban J connectivity index is 1.83. The third-order valence-electron chi connectivity index (χ3n) is 3.50. The molecule has 0 aromatic heterocycles. The van der Waals surface area contributed by atoms with E-state index in [0.29, 0.717) is 0 Å². The van der Waals surface area contributed by atoms with E-state index < -0.39 is 0 Å². The molecule has 2 heteroatoms. The molecule has 1 saturated heterocycles. The lowest BCUT2D eigenvalue weighted by Crippen LogP contribution is -2.10. The molecule has 1 aliphatic carbocycles. The summed E-state index contributed by atoms with van der Waals surface area (Å²) in [6.45, 7) is 3.12. The average molecular weight is 194 g/mol. The highest BCUT2D eigenvalue weighted by Crippen LogP contribution is 2.42. The number of nitrogens with two attached hydrogens (primary N) is 1. The van der Waals surface area contributed by atoms with Crippen LogP contribution in [0, 0.1) is 0 Å². The van der Waals surface area contributed by atoms with Gasteiger partial charge in [-0.2, -0.15) is 0 Å². The van der Waals surface area contributed by atoms with Crippen LogP contribution < -0.4 is 5.73 Å². The predicted molar refractivity (Wildman–Crippen MR) is 59.9 cm³/mol. The Kier molecular flexibility index (Phi) is 3.12. The molecule has 14 heavy (non-hydrogen) atoms. The molecule has 0 aromatic carbocycles. The highest BCUT2D eigenvalue weighted by molar-refractivity contribution is 5.22. The molecule has 0 saturated carbocycles.